The van der Waals surface area contributed by atoms with Crippen molar-refractivity contribution in [2.24, 2.45) is 0 Å². The number of pyridine rings is 1. The summed E-state index contributed by atoms with van der Waals surface area (Å²) in [6.45, 7) is 1.90. The Hall–Kier alpha value is -2.77. The minimum atomic E-state index is -0.271. The third-order valence-electron chi connectivity index (χ3n) is 4.17. The number of carbonyl (C=O) groups excluding carboxylic acids is 2. The molecule has 4 rings (SSSR count). The summed E-state index contributed by atoms with van der Waals surface area (Å²) in [5, 5.41) is 3.90. The van der Waals surface area contributed by atoms with Crippen LogP contribution in [0.25, 0.3) is 19.5 Å². The lowest BCUT2D eigenvalue weighted by molar-refractivity contribution is -0.116. The van der Waals surface area contributed by atoms with Gasteiger partial charge in [-0.15, -0.1) is 22.7 Å². The average molecular weight is 396 g/mol. The Morgan fingerprint density at radius 1 is 1.11 bits per heavy atom. The fraction of sp³-hybridized carbons (Fsp3) is 0.150. The molecule has 0 atom stereocenters. The van der Waals surface area contributed by atoms with Gasteiger partial charge >= 0.3 is 0 Å². The van der Waals surface area contributed by atoms with E-state index in [2.05, 4.69) is 22.4 Å². The number of hydrogen-bond donors (Lipinski definition) is 1. The molecule has 0 aliphatic heterocycles. The molecule has 0 fully saturated rings. The van der Waals surface area contributed by atoms with Gasteiger partial charge in [-0.2, -0.15) is 0 Å². The molecular formula is C20H17N3O2S2. The monoisotopic (exact) mass is 395 g/mol. The SMILES string of the molecule is Cc1ccnc(NC(=O)CN(C)C(=O)c2cc3sc4ccccc4c3s2)c1. The molecule has 0 saturated carbocycles. The Bertz CT molecular complexity index is 1160. The molecule has 0 bridgehead atoms. The zero-order chi connectivity index (χ0) is 19.0. The van der Waals surface area contributed by atoms with Crippen LogP contribution in [0.1, 0.15) is 15.2 Å². The average Bonchev–Trinajstić information content (AvgIpc) is 3.18. The number of nitrogens with one attached hydrogen (secondary N) is 1. The van der Waals surface area contributed by atoms with Crippen molar-refractivity contribution in [3.8, 4) is 0 Å². The second-order valence-corrected chi connectivity index (χ2v) is 8.47. The van der Waals surface area contributed by atoms with Crippen LogP contribution < -0.4 is 5.32 Å². The van der Waals surface area contributed by atoms with Gasteiger partial charge in [0.25, 0.3) is 5.91 Å². The number of fused-ring (bicyclic) bond motifs is 3. The van der Waals surface area contributed by atoms with Gasteiger partial charge in [-0.1, -0.05) is 18.2 Å². The molecule has 136 valence electrons. The third kappa shape index (κ3) is 3.56. The highest BCUT2D eigenvalue weighted by atomic mass is 32.1. The Balaban J connectivity index is 1.48. The smallest absolute Gasteiger partial charge is 0.264 e. The first-order chi connectivity index (χ1) is 13.0. The van der Waals surface area contributed by atoms with Crippen LogP contribution in [0.15, 0.2) is 48.7 Å². The second-order valence-electron chi connectivity index (χ2n) is 6.33. The summed E-state index contributed by atoms with van der Waals surface area (Å²) in [5.41, 5.74) is 1.01. The number of aromatic nitrogens is 1. The molecule has 2 amide bonds. The van der Waals surface area contributed by atoms with Gasteiger partial charge in [0, 0.05) is 28.0 Å². The standard InChI is InChI=1S/C20H17N3O2S2/c1-12-7-8-21-17(9-12)22-18(24)11-23(2)20(25)16-10-15-19(27-16)13-5-3-4-6-14(13)26-15/h3-10H,11H2,1-2H3,(H,21,22,24). The van der Waals surface area contributed by atoms with Crippen molar-refractivity contribution in [2.45, 2.75) is 6.92 Å². The molecule has 0 aliphatic carbocycles. The minimum absolute atomic E-state index is 0.0270. The van der Waals surface area contributed by atoms with E-state index in [-0.39, 0.29) is 18.4 Å². The summed E-state index contributed by atoms with van der Waals surface area (Å²) in [5.74, 6) is 0.0663. The van der Waals surface area contributed by atoms with Crippen LogP contribution in [0.3, 0.4) is 0 Å². The number of hydrogen-bond acceptors (Lipinski definition) is 5. The van der Waals surface area contributed by atoms with E-state index in [1.165, 1.54) is 26.3 Å². The van der Waals surface area contributed by atoms with Gasteiger partial charge in [-0.3, -0.25) is 9.59 Å². The molecule has 0 aliphatic rings. The van der Waals surface area contributed by atoms with Gasteiger partial charge in [0.2, 0.25) is 5.91 Å². The number of likely N-dealkylation sites (N-methyl/N-ethyl adjacent to an activating group) is 1. The van der Waals surface area contributed by atoms with Crippen LogP contribution in [0.5, 0.6) is 0 Å². The maximum atomic E-state index is 12.7. The number of rotatable bonds is 4. The zero-order valence-electron chi connectivity index (χ0n) is 14.9. The number of anilines is 1. The van der Waals surface area contributed by atoms with Crippen molar-refractivity contribution in [1.82, 2.24) is 9.88 Å². The van der Waals surface area contributed by atoms with Gasteiger partial charge in [0.05, 0.1) is 16.1 Å². The van der Waals surface area contributed by atoms with E-state index in [1.54, 1.807) is 30.6 Å². The van der Waals surface area contributed by atoms with Gasteiger partial charge in [-0.05, 0) is 36.8 Å². The largest absolute Gasteiger partial charge is 0.332 e. The maximum absolute atomic E-state index is 12.7. The normalized spacial score (nSPS) is 11.0. The van der Waals surface area contributed by atoms with E-state index < -0.39 is 0 Å². The number of aryl methyl sites for hydroxylation is 1. The van der Waals surface area contributed by atoms with Crippen LogP contribution in [-0.2, 0) is 4.79 Å². The number of nitrogens with zero attached hydrogens (tertiary/aromatic N) is 2. The zero-order valence-corrected chi connectivity index (χ0v) is 16.5. The second kappa shape index (κ2) is 7.09. The topological polar surface area (TPSA) is 62.3 Å². The lowest BCUT2D eigenvalue weighted by Crippen LogP contribution is -2.34. The first-order valence-electron chi connectivity index (χ1n) is 8.40. The van der Waals surface area contributed by atoms with E-state index in [9.17, 15) is 9.59 Å². The summed E-state index contributed by atoms with van der Waals surface area (Å²) in [6, 6.07) is 13.8. The summed E-state index contributed by atoms with van der Waals surface area (Å²) >= 11 is 3.16. The Kier molecular flexibility index (Phi) is 4.63. The molecule has 7 heteroatoms. The highest BCUT2D eigenvalue weighted by Gasteiger charge is 2.19. The maximum Gasteiger partial charge on any atom is 0.264 e. The van der Waals surface area contributed by atoms with E-state index in [1.807, 2.05) is 31.2 Å². The van der Waals surface area contributed by atoms with E-state index in [0.29, 0.717) is 10.7 Å². The summed E-state index contributed by atoms with van der Waals surface area (Å²) < 4.78 is 3.45. The van der Waals surface area contributed by atoms with Crippen LogP contribution >= 0.6 is 22.7 Å². The van der Waals surface area contributed by atoms with Crippen molar-refractivity contribution >= 4 is 59.8 Å². The van der Waals surface area contributed by atoms with Gasteiger partial charge < -0.3 is 10.2 Å². The molecule has 1 aromatic carbocycles. The molecule has 1 N–H and O–H groups in total. The van der Waals surface area contributed by atoms with Crippen molar-refractivity contribution in [2.75, 3.05) is 18.9 Å². The van der Waals surface area contributed by atoms with Gasteiger partial charge in [0.1, 0.15) is 5.82 Å². The van der Waals surface area contributed by atoms with E-state index in [4.69, 9.17) is 0 Å². The predicted octanol–water partition coefficient (Wildman–Crippen LogP) is 4.53. The molecule has 0 radical (unpaired) electrons. The van der Waals surface area contributed by atoms with Crippen molar-refractivity contribution in [3.63, 3.8) is 0 Å². The molecule has 27 heavy (non-hydrogen) atoms. The molecule has 0 unspecified atom stereocenters. The molecular weight excluding hydrogens is 378 g/mol. The van der Waals surface area contributed by atoms with E-state index in [0.717, 1.165) is 15.0 Å². The quantitative estimate of drug-likeness (QED) is 0.552. The lowest BCUT2D eigenvalue weighted by Gasteiger charge is -2.15. The van der Waals surface area contributed by atoms with Crippen LogP contribution in [0, 0.1) is 6.92 Å². The number of thiophene rings is 2. The molecule has 0 saturated heterocycles. The highest BCUT2D eigenvalue weighted by Crippen LogP contribution is 2.39. The molecule has 3 heterocycles. The molecule has 4 aromatic rings. The third-order valence-corrected chi connectivity index (χ3v) is 6.57. The van der Waals surface area contributed by atoms with E-state index >= 15 is 0 Å². The molecule has 3 aromatic heterocycles. The highest BCUT2D eigenvalue weighted by molar-refractivity contribution is 7.33. The number of carbonyl (C=O) groups is 2. The summed E-state index contributed by atoms with van der Waals surface area (Å²) in [4.78, 5) is 31.1. The van der Waals surface area contributed by atoms with Crippen molar-refractivity contribution < 1.29 is 9.59 Å². The lowest BCUT2D eigenvalue weighted by atomic mass is 10.2. The van der Waals surface area contributed by atoms with Gasteiger partial charge in [-0.25, -0.2) is 4.98 Å². The van der Waals surface area contributed by atoms with Crippen LogP contribution in [0.2, 0.25) is 0 Å². The summed E-state index contributed by atoms with van der Waals surface area (Å²) in [6.07, 6.45) is 1.64. The first kappa shape index (κ1) is 17.6. The van der Waals surface area contributed by atoms with Crippen LogP contribution in [-0.4, -0.2) is 35.3 Å². The van der Waals surface area contributed by atoms with Crippen molar-refractivity contribution in [1.29, 1.82) is 0 Å². The first-order valence-corrected chi connectivity index (χ1v) is 10.0. The Labute approximate surface area is 164 Å². The van der Waals surface area contributed by atoms with Crippen LogP contribution in [0.4, 0.5) is 5.82 Å². The van der Waals surface area contributed by atoms with Gasteiger partial charge in [0.15, 0.2) is 0 Å². The molecule has 0 spiro atoms. The minimum Gasteiger partial charge on any atom is -0.332 e. The fourth-order valence-corrected chi connectivity index (χ4v) is 5.39. The predicted molar refractivity (Wildman–Crippen MR) is 112 cm³/mol. The molecule has 5 nitrogen and oxygen atoms in total. The number of amides is 2. The Morgan fingerprint density at radius 2 is 1.93 bits per heavy atom. The summed E-state index contributed by atoms with van der Waals surface area (Å²) in [7, 11) is 1.64. The van der Waals surface area contributed by atoms with Crippen molar-refractivity contribution in [3.05, 3.63) is 59.1 Å². The fourth-order valence-electron chi connectivity index (χ4n) is 2.87. The number of benzene rings is 1. The Morgan fingerprint density at radius 3 is 2.74 bits per heavy atom.